The Labute approximate surface area is 158 Å². The van der Waals surface area contributed by atoms with Crippen molar-refractivity contribution in [2.24, 2.45) is 5.92 Å². The molecule has 0 unspecified atom stereocenters. The van der Waals surface area contributed by atoms with E-state index in [4.69, 9.17) is 14.6 Å². The maximum Gasteiger partial charge on any atom is 0.137 e. The lowest BCUT2D eigenvalue weighted by atomic mass is 9.90. The smallest absolute Gasteiger partial charge is 0.137 e. The van der Waals surface area contributed by atoms with Crippen molar-refractivity contribution >= 4 is 16.7 Å². The van der Waals surface area contributed by atoms with Crippen molar-refractivity contribution < 1.29 is 14.6 Å². The van der Waals surface area contributed by atoms with E-state index in [2.05, 4.69) is 33.5 Å². The fraction of sp³-hybridized carbons (Fsp3) is 0.333. The van der Waals surface area contributed by atoms with Gasteiger partial charge in [-0.05, 0) is 42.2 Å². The Hall–Kier alpha value is -2.86. The van der Waals surface area contributed by atoms with Gasteiger partial charge in [0.25, 0.3) is 0 Å². The zero-order chi connectivity index (χ0) is 18.6. The van der Waals surface area contributed by atoms with Crippen LogP contribution in [0.1, 0.15) is 11.1 Å². The van der Waals surface area contributed by atoms with Crippen molar-refractivity contribution in [3.05, 3.63) is 53.9 Å². The predicted octanol–water partition coefficient (Wildman–Crippen LogP) is 2.84. The first-order valence-corrected chi connectivity index (χ1v) is 9.15. The highest BCUT2D eigenvalue weighted by Crippen LogP contribution is 2.32. The normalized spacial score (nSPS) is 15.9. The van der Waals surface area contributed by atoms with Gasteiger partial charge in [-0.1, -0.05) is 12.1 Å². The minimum absolute atomic E-state index is 0.0643. The number of aliphatic hydroxyl groups excluding tert-OH is 1. The van der Waals surface area contributed by atoms with Crippen molar-refractivity contribution in [1.29, 1.82) is 0 Å². The predicted molar refractivity (Wildman–Crippen MR) is 105 cm³/mol. The van der Waals surface area contributed by atoms with Gasteiger partial charge < -0.3 is 19.9 Å². The average molecular weight is 365 g/mol. The van der Waals surface area contributed by atoms with Crippen LogP contribution in [0.2, 0.25) is 0 Å². The van der Waals surface area contributed by atoms with Gasteiger partial charge in [0.1, 0.15) is 23.6 Å². The maximum absolute atomic E-state index is 9.06. The molecule has 0 spiro atoms. The lowest BCUT2D eigenvalue weighted by molar-refractivity contribution is 0.220. The minimum Gasteiger partial charge on any atom is -0.497 e. The molecule has 1 aromatic heterocycles. The number of nitrogens with one attached hydrogen (secondary N) is 1. The molecule has 6 nitrogen and oxygen atoms in total. The highest BCUT2D eigenvalue weighted by atomic mass is 16.5. The topological polar surface area (TPSA) is 76.5 Å². The molecule has 0 saturated carbocycles. The number of methoxy groups -OCH3 is 1. The second-order valence-electron chi connectivity index (χ2n) is 6.78. The number of rotatable bonds is 6. The van der Waals surface area contributed by atoms with E-state index in [-0.39, 0.29) is 6.61 Å². The Kier molecular flexibility index (Phi) is 5.07. The number of fused-ring (bicyclic) bond motifs is 2. The standard InChI is InChI=1S/C21H23N3O3/c1-26-17-4-3-16-9-15(12-27-20(16)11-17)8-14-2-5-19-18(10-14)21(22-6-7-25)24-13-23-19/h2-5,10-11,13,15,25H,6-9,12H2,1H3,(H,22,23,24)/t15-/m1/s1. The van der Waals surface area contributed by atoms with E-state index in [0.717, 1.165) is 41.1 Å². The van der Waals surface area contributed by atoms with Crippen LogP contribution in [0, 0.1) is 5.92 Å². The zero-order valence-electron chi connectivity index (χ0n) is 15.3. The Morgan fingerprint density at radius 1 is 1.22 bits per heavy atom. The molecule has 3 aromatic rings. The van der Waals surface area contributed by atoms with E-state index < -0.39 is 0 Å². The second kappa shape index (κ2) is 7.80. The van der Waals surface area contributed by atoms with Crippen molar-refractivity contribution in [3.63, 3.8) is 0 Å². The van der Waals surface area contributed by atoms with Gasteiger partial charge in [0.15, 0.2) is 0 Å². The lowest BCUT2D eigenvalue weighted by Gasteiger charge is -2.26. The summed E-state index contributed by atoms with van der Waals surface area (Å²) >= 11 is 0. The molecule has 0 radical (unpaired) electrons. The van der Waals surface area contributed by atoms with Crippen molar-refractivity contribution in [3.8, 4) is 11.5 Å². The summed E-state index contributed by atoms with van der Waals surface area (Å²) in [6.07, 6.45) is 3.45. The van der Waals surface area contributed by atoms with Gasteiger partial charge in [0.05, 0.1) is 25.8 Å². The number of benzene rings is 2. The molecule has 0 amide bonds. The third-order valence-electron chi connectivity index (χ3n) is 4.89. The van der Waals surface area contributed by atoms with Gasteiger partial charge in [-0.2, -0.15) is 0 Å². The molecule has 2 heterocycles. The molecule has 140 valence electrons. The third-order valence-corrected chi connectivity index (χ3v) is 4.89. The molecular weight excluding hydrogens is 342 g/mol. The van der Waals surface area contributed by atoms with Gasteiger partial charge >= 0.3 is 0 Å². The van der Waals surface area contributed by atoms with E-state index in [1.165, 1.54) is 11.1 Å². The Balaban J connectivity index is 1.53. The number of aromatic nitrogens is 2. The molecule has 0 aliphatic carbocycles. The van der Waals surface area contributed by atoms with Gasteiger partial charge in [-0.3, -0.25) is 0 Å². The third kappa shape index (κ3) is 3.80. The van der Waals surface area contributed by atoms with Crippen LogP contribution in [-0.2, 0) is 12.8 Å². The number of nitrogens with zero attached hydrogens (tertiary/aromatic N) is 2. The molecule has 2 aromatic carbocycles. The number of aliphatic hydroxyl groups is 1. The molecule has 1 aliphatic rings. The number of hydrogen-bond donors (Lipinski definition) is 2. The van der Waals surface area contributed by atoms with Gasteiger partial charge in [-0.15, -0.1) is 0 Å². The summed E-state index contributed by atoms with van der Waals surface area (Å²) in [5, 5.41) is 13.2. The monoisotopic (exact) mass is 365 g/mol. The molecule has 0 fully saturated rings. The zero-order valence-corrected chi connectivity index (χ0v) is 15.3. The molecular formula is C21H23N3O3. The summed E-state index contributed by atoms with van der Waals surface area (Å²) in [4.78, 5) is 8.64. The lowest BCUT2D eigenvalue weighted by Crippen LogP contribution is -2.22. The number of ether oxygens (including phenoxy) is 2. The quantitative estimate of drug-likeness (QED) is 0.700. The first kappa shape index (κ1) is 17.5. The van der Waals surface area contributed by atoms with E-state index in [9.17, 15) is 0 Å². The summed E-state index contributed by atoms with van der Waals surface area (Å²) in [7, 11) is 1.67. The summed E-state index contributed by atoms with van der Waals surface area (Å²) < 4.78 is 11.2. The van der Waals surface area contributed by atoms with Crippen molar-refractivity contribution in [2.75, 3.05) is 32.2 Å². The molecule has 1 atom stereocenters. The Morgan fingerprint density at radius 3 is 3.00 bits per heavy atom. The van der Waals surface area contributed by atoms with Crippen LogP contribution in [0.4, 0.5) is 5.82 Å². The van der Waals surface area contributed by atoms with Crippen LogP contribution in [0.15, 0.2) is 42.7 Å². The SMILES string of the molecule is COc1ccc2c(c1)OC[C@H](Cc1ccc3ncnc(NCCO)c3c1)C2. The highest BCUT2D eigenvalue weighted by Gasteiger charge is 2.21. The molecule has 27 heavy (non-hydrogen) atoms. The van der Waals surface area contributed by atoms with Crippen LogP contribution < -0.4 is 14.8 Å². The summed E-state index contributed by atoms with van der Waals surface area (Å²) in [5.74, 6) is 2.92. The van der Waals surface area contributed by atoms with Gasteiger partial charge in [0.2, 0.25) is 0 Å². The summed E-state index contributed by atoms with van der Waals surface area (Å²) in [5.41, 5.74) is 3.35. The summed E-state index contributed by atoms with van der Waals surface area (Å²) in [6, 6.07) is 12.3. The second-order valence-corrected chi connectivity index (χ2v) is 6.78. The van der Waals surface area contributed by atoms with E-state index in [0.29, 0.717) is 19.1 Å². The van der Waals surface area contributed by atoms with Gasteiger partial charge in [-0.25, -0.2) is 9.97 Å². The van der Waals surface area contributed by atoms with Crippen LogP contribution in [0.5, 0.6) is 11.5 Å². The van der Waals surface area contributed by atoms with Crippen LogP contribution >= 0.6 is 0 Å². The molecule has 2 N–H and O–H groups in total. The molecule has 4 rings (SSSR count). The summed E-state index contributed by atoms with van der Waals surface area (Å²) in [6.45, 7) is 1.22. The molecule has 0 bridgehead atoms. The number of anilines is 1. The molecule has 6 heteroatoms. The minimum atomic E-state index is 0.0643. The average Bonchev–Trinajstić information content (AvgIpc) is 2.71. The first-order valence-electron chi connectivity index (χ1n) is 9.15. The van der Waals surface area contributed by atoms with Crippen LogP contribution in [0.3, 0.4) is 0 Å². The Bertz CT molecular complexity index is 945. The fourth-order valence-corrected chi connectivity index (χ4v) is 3.55. The largest absolute Gasteiger partial charge is 0.497 e. The fourth-order valence-electron chi connectivity index (χ4n) is 3.55. The van der Waals surface area contributed by atoms with Crippen LogP contribution in [0.25, 0.3) is 10.9 Å². The Morgan fingerprint density at radius 2 is 2.15 bits per heavy atom. The highest BCUT2D eigenvalue weighted by molar-refractivity contribution is 5.89. The first-order chi connectivity index (χ1) is 13.3. The maximum atomic E-state index is 9.06. The van der Waals surface area contributed by atoms with Crippen molar-refractivity contribution in [2.45, 2.75) is 12.8 Å². The van der Waals surface area contributed by atoms with E-state index in [1.807, 2.05) is 18.2 Å². The molecule has 0 saturated heterocycles. The van der Waals surface area contributed by atoms with Gasteiger partial charge in [0, 0.05) is 23.9 Å². The molecule has 1 aliphatic heterocycles. The van der Waals surface area contributed by atoms with E-state index >= 15 is 0 Å². The van der Waals surface area contributed by atoms with E-state index in [1.54, 1.807) is 13.4 Å². The van der Waals surface area contributed by atoms with Crippen LogP contribution in [-0.4, -0.2) is 41.9 Å². The van der Waals surface area contributed by atoms with Crippen molar-refractivity contribution in [1.82, 2.24) is 9.97 Å². The number of hydrogen-bond acceptors (Lipinski definition) is 6.